The van der Waals surface area contributed by atoms with Gasteiger partial charge in [0.05, 0.1) is 6.61 Å². The minimum atomic E-state index is 0.255. The molecule has 0 aliphatic carbocycles. The third kappa shape index (κ3) is 5.42. The van der Waals surface area contributed by atoms with Crippen LogP contribution in [0.3, 0.4) is 0 Å². The summed E-state index contributed by atoms with van der Waals surface area (Å²) in [5.41, 5.74) is 1.14. The Hall–Kier alpha value is -0.730. The third-order valence-corrected chi connectivity index (χ3v) is 3.59. The Morgan fingerprint density at radius 1 is 1.26 bits per heavy atom. The van der Waals surface area contributed by atoms with Crippen LogP contribution >= 0.6 is 11.6 Å². The summed E-state index contributed by atoms with van der Waals surface area (Å²) in [6, 6.07) is 6.12. The second-order valence-corrected chi connectivity index (χ2v) is 5.62. The topological polar surface area (TPSA) is 21.3 Å². The van der Waals surface area contributed by atoms with E-state index in [2.05, 4.69) is 33.0 Å². The maximum atomic E-state index is 6.10. The maximum Gasteiger partial charge on any atom is 0.124 e. The molecule has 0 spiro atoms. The van der Waals surface area contributed by atoms with E-state index in [1.807, 2.05) is 18.2 Å². The predicted molar refractivity (Wildman–Crippen MR) is 83.1 cm³/mol. The maximum absolute atomic E-state index is 6.10. The van der Waals surface area contributed by atoms with Crippen molar-refractivity contribution in [3.8, 4) is 5.75 Å². The summed E-state index contributed by atoms with van der Waals surface area (Å²) >= 11 is 6.10. The van der Waals surface area contributed by atoms with Gasteiger partial charge in [-0.3, -0.25) is 0 Å². The number of rotatable bonds is 8. The molecular weight excluding hydrogens is 258 g/mol. The monoisotopic (exact) mass is 283 g/mol. The number of benzene rings is 1. The van der Waals surface area contributed by atoms with Crippen molar-refractivity contribution in [1.29, 1.82) is 0 Å². The van der Waals surface area contributed by atoms with Gasteiger partial charge in [-0.15, -0.1) is 0 Å². The van der Waals surface area contributed by atoms with Crippen molar-refractivity contribution in [2.24, 2.45) is 5.92 Å². The normalized spacial score (nSPS) is 14.2. The standard InChI is InChI=1S/C16H26ClNO/c1-5-9-18-13(4)15-10-14(17)7-8-16(15)19-11-12(3)6-2/h7-8,10,12-13,18H,5-6,9,11H2,1-4H3. The molecule has 2 nitrogen and oxygen atoms in total. The van der Waals surface area contributed by atoms with E-state index in [9.17, 15) is 0 Å². The van der Waals surface area contributed by atoms with Crippen LogP contribution in [-0.2, 0) is 0 Å². The van der Waals surface area contributed by atoms with Gasteiger partial charge in [0.15, 0.2) is 0 Å². The smallest absolute Gasteiger partial charge is 0.124 e. The lowest BCUT2D eigenvalue weighted by atomic mass is 10.1. The van der Waals surface area contributed by atoms with E-state index in [0.717, 1.165) is 42.3 Å². The molecule has 0 heterocycles. The molecule has 0 aliphatic rings. The van der Waals surface area contributed by atoms with Crippen LogP contribution in [0.4, 0.5) is 0 Å². The molecule has 3 heteroatoms. The first kappa shape index (κ1) is 16.3. The van der Waals surface area contributed by atoms with Gasteiger partial charge in [-0.1, -0.05) is 38.8 Å². The van der Waals surface area contributed by atoms with E-state index in [-0.39, 0.29) is 6.04 Å². The van der Waals surface area contributed by atoms with Crippen molar-refractivity contribution >= 4 is 11.6 Å². The lowest BCUT2D eigenvalue weighted by Crippen LogP contribution is -2.20. The highest BCUT2D eigenvalue weighted by molar-refractivity contribution is 6.30. The number of hydrogen-bond donors (Lipinski definition) is 1. The van der Waals surface area contributed by atoms with Crippen molar-refractivity contribution < 1.29 is 4.74 Å². The SMILES string of the molecule is CCCNC(C)c1cc(Cl)ccc1OCC(C)CC. The third-order valence-electron chi connectivity index (χ3n) is 3.36. The molecule has 108 valence electrons. The average molecular weight is 284 g/mol. The van der Waals surface area contributed by atoms with E-state index in [1.54, 1.807) is 0 Å². The fourth-order valence-electron chi connectivity index (χ4n) is 1.81. The number of ether oxygens (including phenoxy) is 1. The Morgan fingerprint density at radius 2 is 2.00 bits per heavy atom. The molecule has 19 heavy (non-hydrogen) atoms. The first-order valence-electron chi connectivity index (χ1n) is 7.24. The molecule has 0 aliphatic heterocycles. The first-order chi connectivity index (χ1) is 9.08. The van der Waals surface area contributed by atoms with E-state index < -0.39 is 0 Å². The van der Waals surface area contributed by atoms with E-state index >= 15 is 0 Å². The zero-order valence-electron chi connectivity index (χ0n) is 12.5. The fraction of sp³-hybridized carbons (Fsp3) is 0.625. The van der Waals surface area contributed by atoms with Gasteiger partial charge in [-0.2, -0.15) is 0 Å². The van der Waals surface area contributed by atoms with Gasteiger partial charge in [0.2, 0.25) is 0 Å². The largest absolute Gasteiger partial charge is 0.493 e. The summed E-state index contributed by atoms with van der Waals surface area (Å²) in [5, 5.41) is 4.24. The molecular formula is C16H26ClNO. The summed E-state index contributed by atoms with van der Waals surface area (Å²) in [7, 11) is 0. The zero-order valence-corrected chi connectivity index (χ0v) is 13.3. The first-order valence-corrected chi connectivity index (χ1v) is 7.61. The van der Waals surface area contributed by atoms with Crippen LogP contribution in [0.1, 0.15) is 52.1 Å². The van der Waals surface area contributed by atoms with Gasteiger partial charge in [-0.25, -0.2) is 0 Å². The Morgan fingerprint density at radius 3 is 2.63 bits per heavy atom. The number of hydrogen-bond acceptors (Lipinski definition) is 2. The Bertz CT molecular complexity index is 381. The average Bonchev–Trinajstić information content (AvgIpc) is 2.42. The molecule has 0 bridgehead atoms. The lowest BCUT2D eigenvalue weighted by Gasteiger charge is -2.19. The molecule has 0 aromatic heterocycles. The molecule has 0 amide bonds. The summed E-state index contributed by atoms with van der Waals surface area (Å²) in [4.78, 5) is 0. The van der Waals surface area contributed by atoms with E-state index in [1.165, 1.54) is 0 Å². The molecule has 2 atom stereocenters. The molecule has 0 fully saturated rings. The van der Waals surface area contributed by atoms with Crippen molar-refractivity contribution in [2.75, 3.05) is 13.2 Å². The van der Waals surface area contributed by atoms with Crippen LogP contribution in [0.5, 0.6) is 5.75 Å². The van der Waals surface area contributed by atoms with E-state index in [0.29, 0.717) is 5.92 Å². The van der Waals surface area contributed by atoms with Crippen molar-refractivity contribution in [3.05, 3.63) is 28.8 Å². The van der Waals surface area contributed by atoms with Crippen molar-refractivity contribution in [1.82, 2.24) is 5.32 Å². The minimum Gasteiger partial charge on any atom is -0.493 e. The van der Waals surface area contributed by atoms with Crippen LogP contribution < -0.4 is 10.1 Å². The second-order valence-electron chi connectivity index (χ2n) is 5.18. The van der Waals surface area contributed by atoms with Gasteiger partial charge in [0.1, 0.15) is 5.75 Å². The zero-order chi connectivity index (χ0) is 14.3. The predicted octanol–water partition coefficient (Wildman–Crippen LogP) is 4.83. The van der Waals surface area contributed by atoms with E-state index in [4.69, 9.17) is 16.3 Å². The highest BCUT2D eigenvalue weighted by atomic mass is 35.5. The molecule has 0 saturated heterocycles. The van der Waals surface area contributed by atoms with Gasteiger partial charge < -0.3 is 10.1 Å². The molecule has 0 saturated carbocycles. The number of halogens is 1. The summed E-state index contributed by atoms with van der Waals surface area (Å²) in [5.74, 6) is 1.52. The molecule has 1 aromatic carbocycles. The van der Waals surface area contributed by atoms with Crippen molar-refractivity contribution in [2.45, 2.75) is 46.6 Å². The Balaban J connectivity index is 2.78. The van der Waals surface area contributed by atoms with Crippen LogP contribution in [0, 0.1) is 5.92 Å². The highest BCUT2D eigenvalue weighted by Crippen LogP contribution is 2.29. The molecule has 1 N–H and O–H groups in total. The summed E-state index contributed by atoms with van der Waals surface area (Å²) < 4.78 is 5.95. The molecule has 1 aromatic rings. The highest BCUT2D eigenvalue weighted by Gasteiger charge is 2.12. The Kier molecular flexibility index (Phi) is 7.25. The van der Waals surface area contributed by atoms with Gasteiger partial charge in [0, 0.05) is 16.6 Å². The molecule has 1 rings (SSSR count). The molecule has 0 radical (unpaired) electrons. The fourth-order valence-corrected chi connectivity index (χ4v) is 1.99. The lowest BCUT2D eigenvalue weighted by molar-refractivity contribution is 0.252. The minimum absolute atomic E-state index is 0.255. The van der Waals surface area contributed by atoms with Crippen LogP contribution in [-0.4, -0.2) is 13.2 Å². The summed E-state index contributed by atoms with van der Waals surface area (Å²) in [6.07, 6.45) is 2.25. The van der Waals surface area contributed by atoms with Gasteiger partial charge in [0.25, 0.3) is 0 Å². The quantitative estimate of drug-likeness (QED) is 0.738. The van der Waals surface area contributed by atoms with Crippen LogP contribution in [0.25, 0.3) is 0 Å². The van der Waals surface area contributed by atoms with Gasteiger partial charge >= 0.3 is 0 Å². The second kappa shape index (κ2) is 8.44. The van der Waals surface area contributed by atoms with Crippen molar-refractivity contribution in [3.63, 3.8) is 0 Å². The summed E-state index contributed by atoms with van der Waals surface area (Å²) in [6.45, 7) is 10.5. The van der Waals surface area contributed by atoms with Crippen LogP contribution in [0.2, 0.25) is 5.02 Å². The Labute approximate surface area is 122 Å². The number of nitrogens with one attached hydrogen (secondary N) is 1. The molecule has 2 unspecified atom stereocenters. The van der Waals surface area contributed by atoms with Crippen LogP contribution in [0.15, 0.2) is 18.2 Å². The van der Waals surface area contributed by atoms with Gasteiger partial charge in [-0.05, 0) is 44.0 Å².